The van der Waals surface area contributed by atoms with Crippen molar-refractivity contribution in [3.05, 3.63) is 82.3 Å². The van der Waals surface area contributed by atoms with Crippen LogP contribution in [0.15, 0.2) is 76.1 Å². The van der Waals surface area contributed by atoms with Crippen molar-refractivity contribution in [2.24, 2.45) is 0 Å². The summed E-state index contributed by atoms with van der Waals surface area (Å²) in [5, 5.41) is 0. The highest BCUT2D eigenvalue weighted by Gasteiger charge is 2.27. The lowest BCUT2D eigenvalue weighted by Gasteiger charge is -2.29. The Balaban J connectivity index is 1.66. The van der Waals surface area contributed by atoms with Crippen LogP contribution in [0.25, 0.3) is 11.1 Å². The number of carbonyl (C=O) groups excluding carboxylic acids is 1. The van der Waals surface area contributed by atoms with Gasteiger partial charge in [-0.15, -0.1) is 11.8 Å². The summed E-state index contributed by atoms with van der Waals surface area (Å²) >= 11 is 5.28. The number of thioether (sulfide) groups is 1. The van der Waals surface area contributed by atoms with Crippen molar-refractivity contribution in [2.45, 2.75) is 11.3 Å². The Hall–Kier alpha value is -2.04. The van der Waals surface area contributed by atoms with Gasteiger partial charge in [0, 0.05) is 21.6 Å². The fourth-order valence-corrected chi connectivity index (χ4v) is 4.63. The van der Waals surface area contributed by atoms with Crippen LogP contribution in [-0.2, 0) is 6.42 Å². The zero-order chi connectivity index (χ0) is 18.1. The highest BCUT2D eigenvalue weighted by Crippen LogP contribution is 2.33. The second-order valence-corrected chi connectivity index (χ2v) is 7.93. The van der Waals surface area contributed by atoms with Gasteiger partial charge in [-0.05, 0) is 69.6 Å². The second-order valence-electron chi connectivity index (χ2n) is 6.23. The first-order chi connectivity index (χ1) is 12.7. The van der Waals surface area contributed by atoms with Crippen LogP contribution in [0.5, 0.6) is 0 Å². The number of anilines is 1. The molecule has 4 heteroatoms. The van der Waals surface area contributed by atoms with Crippen molar-refractivity contribution < 1.29 is 4.79 Å². The normalized spacial score (nSPS) is 13.6. The van der Waals surface area contributed by atoms with E-state index in [2.05, 4.69) is 58.6 Å². The molecule has 0 N–H and O–H groups in total. The number of nitrogens with zero attached hydrogens (tertiary/aromatic N) is 1. The molecule has 1 heterocycles. The molecule has 0 unspecified atom stereocenters. The molecule has 0 bridgehead atoms. The summed E-state index contributed by atoms with van der Waals surface area (Å²) in [5.74, 6) is 0.0657. The average Bonchev–Trinajstić information content (AvgIpc) is 2.68. The maximum Gasteiger partial charge on any atom is 0.259 e. The van der Waals surface area contributed by atoms with Crippen LogP contribution in [-0.4, -0.2) is 18.7 Å². The summed E-state index contributed by atoms with van der Waals surface area (Å²) in [6, 6.07) is 22.7. The quantitative estimate of drug-likeness (QED) is 0.478. The van der Waals surface area contributed by atoms with E-state index in [4.69, 9.17) is 0 Å². The van der Waals surface area contributed by atoms with Gasteiger partial charge in [-0.25, -0.2) is 0 Å². The van der Waals surface area contributed by atoms with Crippen molar-refractivity contribution in [1.82, 2.24) is 0 Å². The molecular formula is C22H18BrNOS. The number of rotatable bonds is 3. The van der Waals surface area contributed by atoms with Gasteiger partial charge in [-0.3, -0.25) is 4.79 Å². The van der Waals surface area contributed by atoms with Crippen LogP contribution in [0.2, 0.25) is 0 Å². The van der Waals surface area contributed by atoms with Crippen LogP contribution in [0.1, 0.15) is 15.9 Å². The number of hydrogen-bond donors (Lipinski definition) is 0. The molecule has 1 aliphatic rings. The lowest BCUT2D eigenvalue weighted by atomic mass is 9.98. The molecule has 0 radical (unpaired) electrons. The molecule has 0 aromatic heterocycles. The van der Waals surface area contributed by atoms with Gasteiger partial charge in [0.2, 0.25) is 0 Å². The molecule has 0 saturated carbocycles. The highest BCUT2D eigenvalue weighted by atomic mass is 79.9. The van der Waals surface area contributed by atoms with E-state index < -0.39 is 0 Å². The number of amides is 1. The van der Waals surface area contributed by atoms with Gasteiger partial charge in [-0.1, -0.05) is 42.5 Å². The van der Waals surface area contributed by atoms with Crippen LogP contribution in [0, 0.1) is 0 Å². The Morgan fingerprint density at radius 1 is 0.962 bits per heavy atom. The Bertz CT molecular complexity index is 968. The first-order valence-electron chi connectivity index (χ1n) is 8.52. The first kappa shape index (κ1) is 17.4. The maximum atomic E-state index is 13.0. The van der Waals surface area contributed by atoms with Crippen LogP contribution < -0.4 is 4.90 Å². The largest absolute Gasteiger partial charge is 0.308 e. The van der Waals surface area contributed by atoms with Crippen molar-refractivity contribution in [3.8, 4) is 11.1 Å². The van der Waals surface area contributed by atoms with Crippen LogP contribution in [0.4, 0.5) is 5.69 Å². The van der Waals surface area contributed by atoms with E-state index in [-0.39, 0.29) is 5.91 Å². The number of benzene rings is 3. The minimum absolute atomic E-state index is 0.0657. The molecule has 0 aliphatic carbocycles. The molecule has 3 aromatic rings. The van der Waals surface area contributed by atoms with E-state index >= 15 is 0 Å². The molecule has 0 atom stereocenters. The van der Waals surface area contributed by atoms with Crippen molar-refractivity contribution >= 4 is 39.3 Å². The summed E-state index contributed by atoms with van der Waals surface area (Å²) in [6.07, 6.45) is 2.96. The average molecular weight is 424 g/mol. The van der Waals surface area contributed by atoms with Crippen molar-refractivity contribution in [3.63, 3.8) is 0 Å². The van der Waals surface area contributed by atoms with Crippen molar-refractivity contribution in [2.75, 3.05) is 17.7 Å². The Morgan fingerprint density at radius 3 is 2.50 bits per heavy atom. The number of fused-ring (bicyclic) bond motifs is 1. The second kappa shape index (κ2) is 7.29. The number of halogens is 1. The summed E-state index contributed by atoms with van der Waals surface area (Å²) in [4.78, 5) is 16.1. The fourth-order valence-electron chi connectivity index (χ4n) is 3.44. The molecular weight excluding hydrogens is 406 g/mol. The minimum Gasteiger partial charge on any atom is -0.308 e. The summed E-state index contributed by atoms with van der Waals surface area (Å²) in [7, 11) is 0. The third-order valence-corrected chi connectivity index (χ3v) is 6.22. The highest BCUT2D eigenvalue weighted by molar-refractivity contribution is 9.10. The topological polar surface area (TPSA) is 20.3 Å². The molecule has 3 aromatic carbocycles. The maximum absolute atomic E-state index is 13.0. The van der Waals surface area contributed by atoms with E-state index in [9.17, 15) is 4.79 Å². The van der Waals surface area contributed by atoms with Gasteiger partial charge in [0.05, 0.1) is 5.56 Å². The summed E-state index contributed by atoms with van der Waals surface area (Å²) in [5.41, 5.74) is 5.25. The Morgan fingerprint density at radius 2 is 1.73 bits per heavy atom. The smallest absolute Gasteiger partial charge is 0.259 e. The van der Waals surface area contributed by atoms with Gasteiger partial charge in [0.1, 0.15) is 0 Å². The third kappa shape index (κ3) is 3.08. The third-order valence-electron chi connectivity index (χ3n) is 4.76. The molecule has 0 saturated heterocycles. The van der Waals surface area contributed by atoms with Gasteiger partial charge in [0.15, 0.2) is 0 Å². The number of hydrogen-bond acceptors (Lipinski definition) is 2. The zero-order valence-electron chi connectivity index (χ0n) is 14.4. The molecule has 1 aliphatic heterocycles. The zero-order valence-corrected chi connectivity index (χ0v) is 16.8. The summed E-state index contributed by atoms with van der Waals surface area (Å²) < 4.78 is 0.871. The Kier molecular flexibility index (Phi) is 4.88. The minimum atomic E-state index is 0.0657. The summed E-state index contributed by atoms with van der Waals surface area (Å²) in [6.45, 7) is 0.711. The standard InChI is InChI=1S/C22H18BrNOS/c1-26-20-8-3-2-6-18(20)15-9-11-17(12-10-15)24-14-13-16-5-4-7-19(23)21(16)22(24)25/h2-12H,13-14H2,1H3. The number of carbonyl (C=O) groups is 1. The molecule has 2 nitrogen and oxygen atoms in total. The van der Waals surface area contributed by atoms with E-state index in [1.165, 1.54) is 16.0 Å². The van der Waals surface area contributed by atoms with Crippen LogP contribution >= 0.6 is 27.7 Å². The first-order valence-corrected chi connectivity index (χ1v) is 10.5. The molecule has 4 rings (SSSR count). The Labute approximate surface area is 166 Å². The van der Waals surface area contributed by atoms with Gasteiger partial charge < -0.3 is 4.90 Å². The van der Waals surface area contributed by atoms with Gasteiger partial charge in [-0.2, -0.15) is 0 Å². The van der Waals surface area contributed by atoms with E-state index in [0.717, 1.165) is 27.7 Å². The van der Waals surface area contributed by atoms with Gasteiger partial charge in [0.25, 0.3) is 5.91 Å². The predicted octanol–water partition coefficient (Wildman–Crippen LogP) is 6.04. The lowest BCUT2D eigenvalue weighted by molar-refractivity contribution is 0.0980. The van der Waals surface area contributed by atoms with E-state index in [1.807, 2.05) is 35.2 Å². The van der Waals surface area contributed by atoms with Crippen LogP contribution in [0.3, 0.4) is 0 Å². The van der Waals surface area contributed by atoms with Gasteiger partial charge >= 0.3 is 0 Å². The SMILES string of the molecule is CSc1ccccc1-c1ccc(N2CCc3cccc(Br)c3C2=O)cc1. The molecule has 130 valence electrons. The van der Waals surface area contributed by atoms with E-state index in [0.29, 0.717) is 6.54 Å². The predicted molar refractivity (Wildman–Crippen MR) is 113 cm³/mol. The van der Waals surface area contributed by atoms with Crippen molar-refractivity contribution in [1.29, 1.82) is 0 Å². The molecule has 1 amide bonds. The monoisotopic (exact) mass is 423 g/mol. The lowest BCUT2D eigenvalue weighted by Crippen LogP contribution is -2.37. The fraction of sp³-hybridized carbons (Fsp3) is 0.136. The molecule has 0 spiro atoms. The molecule has 0 fully saturated rings. The van der Waals surface area contributed by atoms with E-state index in [1.54, 1.807) is 11.8 Å². The molecule has 26 heavy (non-hydrogen) atoms.